The molecule has 0 fully saturated rings. The summed E-state index contributed by atoms with van der Waals surface area (Å²) in [4.78, 5) is 8.36. The Morgan fingerprint density at radius 2 is 1.43 bits per heavy atom. The van der Waals surface area contributed by atoms with Crippen molar-refractivity contribution in [3.8, 4) is 0 Å². The van der Waals surface area contributed by atoms with Crippen molar-refractivity contribution in [2.75, 3.05) is 0 Å². The summed E-state index contributed by atoms with van der Waals surface area (Å²) in [5.74, 6) is 0. The number of halogens is 3. The van der Waals surface area contributed by atoms with Gasteiger partial charge in [-0.15, -0.1) is 0 Å². The molecule has 7 heavy (non-hydrogen) atoms. The van der Waals surface area contributed by atoms with Gasteiger partial charge < -0.3 is 5.11 Å². The molecule has 0 spiro atoms. The SMILES string of the molecule is FC(F)F.O=CO. The van der Waals surface area contributed by atoms with E-state index in [4.69, 9.17) is 9.90 Å². The molecule has 1 N–H and O–H groups in total. The Balaban J connectivity index is 0. The van der Waals surface area contributed by atoms with Gasteiger partial charge >= 0.3 is 6.68 Å². The second kappa shape index (κ2) is 8.98. The summed E-state index contributed by atoms with van der Waals surface area (Å²) in [6, 6.07) is 0. The summed E-state index contributed by atoms with van der Waals surface area (Å²) >= 11 is 0. The maximum atomic E-state index is 9.67. The molecule has 0 saturated carbocycles. The van der Waals surface area contributed by atoms with E-state index >= 15 is 0 Å². The van der Waals surface area contributed by atoms with Crippen LogP contribution in [0.5, 0.6) is 0 Å². The molecule has 0 atom stereocenters. The van der Waals surface area contributed by atoms with Crippen LogP contribution in [0, 0.1) is 0 Å². The predicted molar refractivity (Wildman–Crippen MR) is 15.8 cm³/mol. The zero-order valence-corrected chi connectivity index (χ0v) is 3.14. The van der Waals surface area contributed by atoms with E-state index in [1.165, 1.54) is 0 Å². The van der Waals surface area contributed by atoms with Gasteiger partial charge in [-0.1, -0.05) is 0 Å². The van der Waals surface area contributed by atoms with Crippen LogP contribution in [0.1, 0.15) is 0 Å². The molecule has 0 bridgehead atoms. The van der Waals surface area contributed by atoms with Gasteiger partial charge in [0.2, 0.25) is 0 Å². The Morgan fingerprint density at radius 1 is 1.43 bits per heavy atom. The lowest BCUT2D eigenvalue weighted by molar-refractivity contribution is -0.122. The van der Waals surface area contributed by atoms with E-state index in [2.05, 4.69) is 0 Å². The Bertz CT molecular complexity index is 35.2. The average Bonchev–Trinajstić information content (AvgIpc) is 1.33. The molecule has 44 valence electrons. The highest BCUT2D eigenvalue weighted by Gasteiger charge is 1.86. The lowest BCUT2D eigenvalue weighted by Gasteiger charge is -1.65. The Morgan fingerprint density at radius 3 is 1.43 bits per heavy atom. The van der Waals surface area contributed by atoms with Crippen LogP contribution in [-0.2, 0) is 4.79 Å². The summed E-state index contributed by atoms with van der Waals surface area (Å²) in [5.41, 5.74) is 0. The molecule has 0 aliphatic rings. The molecule has 0 aromatic heterocycles. The third-order valence-electron chi connectivity index (χ3n) is 0. The third kappa shape index (κ3) is 102. The summed E-state index contributed by atoms with van der Waals surface area (Å²) < 4.78 is 29.0. The predicted octanol–water partition coefficient (Wildman–Crippen LogP) is 0.879. The standard InChI is InChI=1S/CHF3.CH2O2/c2-1(3)4;2-1-3/h1H;1H,(H,2,3). The first-order valence-electron chi connectivity index (χ1n) is 1.15. The maximum Gasteiger partial charge on any atom is 0.379 e. The Kier molecular flexibility index (Phi) is 12.2. The number of hydrogen-bond donors (Lipinski definition) is 1. The monoisotopic (exact) mass is 116 g/mol. The van der Waals surface area contributed by atoms with E-state index in [1.807, 2.05) is 0 Å². The molecule has 0 amide bonds. The minimum Gasteiger partial charge on any atom is -0.483 e. The van der Waals surface area contributed by atoms with E-state index in [9.17, 15) is 13.2 Å². The van der Waals surface area contributed by atoms with Crippen LogP contribution in [-0.4, -0.2) is 18.3 Å². The van der Waals surface area contributed by atoms with Gasteiger partial charge in [-0.05, 0) is 0 Å². The van der Waals surface area contributed by atoms with Gasteiger partial charge in [0.15, 0.2) is 0 Å². The van der Waals surface area contributed by atoms with Crippen LogP contribution >= 0.6 is 0 Å². The van der Waals surface area contributed by atoms with E-state index < -0.39 is 6.68 Å². The molecular formula is C2H3F3O2. The fourth-order valence-electron chi connectivity index (χ4n) is 0. The van der Waals surface area contributed by atoms with Crippen molar-refractivity contribution in [2.45, 2.75) is 6.68 Å². The molecule has 2 nitrogen and oxygen atoms in total. The van der Waals surface area contributed by atoms with Gasteiger partial charge in [0.05, 0.1) is 0 Å². The molecule has 0 aliphatic heterocycles. The minimum atomic E-state index is -3.67. The van der Waals surface area contributed by atoms with Crippen LogP contribution < -0.4 is 0 Å². The largest absolute Gasteiger partial charge is 0.483 e. The van der Waals surface area contributed by atoms with Crippen LogP contribution in [0.25, 0.3) is 0 Å². The van der Waals surface area contributed by atoms with Crippen LogP contribution in [0.3, 0.4) is 0 Å². The molecule has 0 rings (SSSR count). The molecule has 0 aromatic rings. The van der Waals surface area contributed by atoms with E-state index in [-0.39, 0.29) is 6.47 Å². The second-order valence-corrected chi connectivity index (χ2v) is 0.353. The number of hydrogen-bond acceptors (Lipinski definition) is 1. The van der Waals surface area contributed by atoms with Crippen molar-refractivity contribution in [3.63, 3.8) is 0 Å². The number of rotatable bonds is 0. The normalized spacial score (nSPS) is 6.86. The zero-order chi connectivity index (χ0) is 6.28. The van der Waals surface area contributed by atoms with E-state index in [0.717, 1.165) is 0 Å². The van der Waals surface area contributed by atoms with Gasteiger partial charge in [0.1, 0.15) is 0 Å². The summed E-state index contributed by atoms with van der Waals surface area (Å²) in [6.07, 6.45) is 0. The number of alkyl halides is 3. The van der Waals surface area contributed by atoms with Crippen LogP contribution in [0.4, 0.5) is 13.2 Å². The molecule has 0 aromatic carbocycles. The third-order valence-corrected chi connectivity index (χ3v) is 0. The Labute approximate surface area is 37.6 Å². The highest BCUT2D eigenvalue weighted by Crippen LogP contribution is 1.87. The lowest BCUT2D eigenvalue weighted by Crippen LogP contribution is -1.65. The summed E-state index contributed by atoms with van der Waals surface area (Å²) in [6.45, 7) is -3.92. The topological polar surface area (TPSA) is 37.3 Å². The Hall–Kier alpha value is -0.740. The van der Waals surface area contributed by atoms with Crippen molar-refractivity contribution < 1.29 is 23.1 Å². The van der Waals surface area contributed by atoms with Crippen molar-refractivity contribution in [1.29, 1.82) is 0 Å². The molecule has 5 heteroatoms. The van der Waals surface area contributed by atoms with Crippen LogP contribution in [0.15, 0.2) is 0 Å². The highest BCUT2D eigenvalue weighted by atomic mass is 19.4. The fraction of sp³-hybridized carbons (Fsp3) is 0.500. The molecule has 0 radical (unpaired) electrons. The van der Waals surface area contributed by atoms with Gasteiger partial charge in [-0.2, -0.15) is 13.2 Å². The molecule has 0 heterocycles. The average molecular weight is 116 g/mol. The first-order valence-corrected chi connectivity index (χ1v) is 1.15. The molecule has 0 saturated heterocycles. The number of carbonyl (C=O) groups is 1. The first kappa shape index (κ1) is 9.54. The fourth-order valence-corrected chi connectivity index (χ4v) is 0. The second-order valence-electron chi connectivity index (χ2n) is 0.353. The van der Waals surface area contributed by atoms with Crippen molar-refractivity contribution >= 4 is 6.47 Å². The lowest BCUT2D eigenvalue weighted by atomic mass is 11.6. The molecule has 0 unspecified atom stereocenters. The maximum absolute atomic E-state index is 9.67. The number of carboxylic acid groups (broad SMARTS) is 1. The van der Waals surface area contributed by atoms with Crippen LogP contribution in [0.2, 0.25) is 0 Å². The van der Waals surface area contributed by atoms with E-state index in [0.29, 0.717) is 0 Å². The molecular weight excluding hydrogens is 113 g/mol. The smallest absolute Gasteiger partial charge is 0.379 e. The zero-order valence-electron chi connectivity index (χ0n) is 3.14. The molecule has 0 aliphatic carbocycles. The summed E-state index contributed by atoms with van der Waals surface area (Å²) in [7, 11) is 0. The van der Waals surface area contributed by atoms with Gasteiger partial charge in [0.25, 0.3) is 6.47 Å². The summed E-state index contributed by atoms with van der Waals surface area (Å²) in [5, 5.41) is 6.89. The first-order chi connectivity index (χ1) is 3.15. The van der Waals surface area contributed by atoms with E-state index in [1.54, 1.807) is 0 Å². The van der Waals surface area contributed by atoms with Crippen molar-refractivity contribution in [1.82, 2.24) is 0 Å². The van der Waals surface area contributed by atoms with Crippen molar-refractivity contribution in [2.24, 2.45) is 0 Å². The minimum absolute atomic E-state index is 0.250. The van der Waals surface area contributed by atoms with Gasteiger partial charge in [-0.25, -0.2) is 0 Å². The quantitative estimate of drug-likeness (QED) is 0.477. The van der Waals surface area contributed by atoms with Gasteiger partial charge in [-0.3, -0.25) is 4.79 Å². The van der Waals surface area contributed by atoms with Crippen molar-refractivity contribution in [3.05, 3.63) is 0 Å². The highest BCUT2D eigenvalue weighted by molar-refractivity contribution is 5.32. The van der Waals surface area contributed by atoms with Gasteiger partial charge in [0, 0.05) is 0 Å².